The summed E-state index contributed by atoms with van der Waals surface area (Å²) < 4.78 is 13.1. The largest absolute Gasteiger partial charge is 0.206 e. The van der Waals surface area contributed by atoms with Gasteiger partial charge in [-0.05, 0) is 31.4 Å². The highest BCUT2D eigenvalue weighted by molar-refractivity contribution is 5.32. The van der Waals surface area contributed by atoms with E-state index >= 15 is 0 Å². The van der Waals surface area contributed by atoms with Crippen molar-refractivity contribution in [1.82, 2.24) is 0 Å². The van der Waals surface area contributed by atoms with Gasteiger partial charge in [-0.1, -0.05) is 39.5 Å². The van der Waals surface area contributed by atoms with Crippen LogP contribution in [0.4, 0.5) is 4.39 Å². The Kier molecular flexibility index (Phi) is 10.4. The van der Waals surface area contributed by atoms with Gasteiger partial charge in [-0.25, -0.2) is 4.39 Å². The highest BCUT2D eigenvalue weighted by atomic mass is 19.1. The highest BCUT2D eigenvalue weighted by Gasteiger charge is 2.00. The molecule has 1 heteroatoms. The molecule has 0 aliphatic heterocycles. The van der Waals surface area contributed by atoms with Gasteiger partial charge in [-0.2, -0.15) is 0 Å². The summed E-state index contributed by atoms with van der Waals surface area (Å²) >= 11 is 0. The van der Waals surface area contributed by atoms with E-state index in [-0.39, 0.29) is 5.83 Å². The average molecular weight is 184 g/mol. The van der Waals surface area contributed by atoms with Crippen molar-refractivity contribution in [2.75, 3.05) is 0 Å². The standard InChI is InChI=1S/C10H15F.C2H6/c1-5-7-9(6-2)10(11)8(3)4;1-2/h5,7H,3,6H2,1-2,4H3;1-2H3/b7-5-,10-9+;. The second kappa shape index (κ2) is 9.24. The van der Waals surface area contributed by atoms with Gasteiger partial charge in [0, 0.05) is 0 Å². The molecule has 0 fully saturated rings. The maximum atomic E-state index is 13.1. The smallest absolute Gasteiger partial charge is 0.128 e. The lowest BCUT2D eigenvalue weighted by Crippen LogP contribution is -1.83. The Balaban J connectivity index is 0. The van der Waals surface area contributed by atoms with Gasteiger partial charge >= 0.3 is 0 Å². The van der Waals surface area contributed by atoms with E-state index in [1.165, 1.54) is 0 Å². The number of hydrogen-bond acceptors (Lipinski definition) is 0. The summed E-state index contributed by atoms with van der Waals surface area (Å²) in [5.41, 5.74) is 1.22. The normalized spacial score (nSPS) is 11.8. The number of allylic oxidation sites excluding steroid dienone is 5. The van der Waals surface area contributed by atoms with Gasteiger partial charge in [0.25, 0.3) is 0 Å². The van der Waals surface area contributed by atoms with E-state index in [1.54, 1.807) is 13.0 Å². The van der Waals surface area contributed by atoms with Crippen LogP contribution in [-0.4, -0.2) is 0 Å². The van der Waals surface area contributed by atoms with Crippen LogP contribution in [0.1, 0.15) is 41.0 Å². The Labute approximate surface area is 81.9 Å². The Morgan fingerprint density at radius 1 is 1.38 bits per heavy atom. The quantitative estimate of drug-likeness (QED) is 0.553. The zero-order valence-corrected chi connectivity index (χ0v) is 9.45. The predicted molar refractivity (Wildman–Crippen MR) is 59.4 cm³/mol. The zero-order chi connectivity index (χ0) is 10.9. The Bertz CT molecular complexity index is 197. The molecule has 0 atom stereocenters. The molecule has 0 aromatic rings. The number of hydrogen-bond donors (Lipinski definition) is 0. The van der Waals surface area contributed by atoms with Crippen LogP contribution in [0.2, 0.25) is 0 Å². The molecule has 0 unspecified atom stereocenters. The average Bonchev–Trinajstić information content (AvgIpc) is 2.16. The van der Waals surface area contributed by atoms with Crippen molar-refractivity contribution in [3.8, 4) is 0 Å². The first-order chi connectivity index (χ1) is 6.13. The minimum absolute atomic E-state index is 0.175. The molecule has 0 heterocycles. The van der Waals surface area contributed by atoms with Crippen LogP contribution in [0.15, 0.2) is 35.7 Å². The number of rotatable bonds is 3. The fourth-order valence-electron chi connectivity index (χ4n) is 0.821. The summed E-state index contributed by atoms with van der Waals surface area (Å²) in [7, 11) is 0. The summed E-state index contributed by atoms with van der Waals surface area (Å²) in [6.07, 6.45) is 4.33. The molecule has 0 radical (unpaired) electrons. The molecule has 0 spiro atoms. The highest BCUT2D eigenvalue weighted by Crippen LogP contribution is 2.17. The lowest BCUT2D eigenvalue weighted by Gasteiger charge is -2.00. The molecule has 0 aromatic heterocycles. The van der Waals surface area contributed by atoms with E-state index in [2.05, 4.69) is 6.58 Å². The molecule has 0 aliphatic rings. The molecule has 0 amide bonds. The van der Waals surface area contributed by atoms with Gasteiger partial charge in [0.05, 0.1) is 0 Å². The van der Waals surface area contributed by atoms with E-state index < -0.39 is 0 Å². The van der Waals surface area contributed by atoms with Gasteiger partial charge in [-0.15, -0.1) is 0 Å². The van der Waals surface area contributed by atoms with Gasteiger partial charge in [0.2, 0.25) is 0 Å². The fourth-order valence-corrected chi connectivity index (χ4v) is 0.821. The molecule has 0 aromatic carbocycles. The topological polar surface area (TPSA) is 0 Å². The lowest BCUT2D eigenvalue weighted by atomic mass is 10.1. The van der Waals surface area contributed by atoms with Crippen LogP contribution in [0.3, 0.4) is 0 Å². The van der Waals surface area contributed by atoms with Crippen LogP contribution < -0.4 is 0 Å². The molecule has 76 valence electrons. The first-order valence-electron chi connectivity index (χ1n) is 4.80. The molecule has 13 heavy (non-hydrogen) atoms. The van der Waals surface area contributed by atoms with E-state index in [4.69, 9.17) is 0 Å². The maximum Gasteiger partial charge on any atom is 0.128 e. The minimum atomic E-state index is -0.175. The third kappa shape index (κ3) is 6.32. The summed E-state index contributed by atoms with van der Waals surface area (Å²) in [4.78, 5) is 0. The summed E-state index contributed by atoms with van der Waals surface area (Å²) in [5.74, 6) is -0.175. The van der Waals surface area contributed by atoms with Gasteiger partial charge in [0.15, 0.2) is 0 Å². The molecule has 0 bridgehead atoms. The molecular weight excluding hydrogens is 163 g/mol. The monoisotopic (exact) mass is 184 g/mol. The summed E-state index contributed by atoms with van der Waals surface area (Å²) in [6, 6.07) is 0. The van der Waals surface area contributed by atoms with E-state index in [1.807, 2.05) is 33.8 Å². The third-order valence-electron chi connectivity index (χ3n) is 1.41. The van der Waals surface area contributed by atoms with Crippen molar-refractivity contribution >= 4 is 0 Å². The van der Waals surface area contributed by atoms with Crippen molar-refractivity contribution in [1.29, 1.82) is 0 Å². The number of halogens is 1. The van der Waals surface area contributed by atoms with Crippen molar-refractivity contribution in [2.24, 2.45) is 0 Å². The molecule has 0 N–H and O–H groups in total. The predicted octanol–water partition coefficient (Wildman–Crippen LogP) is 4.80. The van der Waals surface area contributed by atoms with E-state index in [9.17, 15) is 4.39 Å². The van der Waals surface area contributed by atoms with Crippen molar-refractivity contribution in [2.45, 2.75) is 41.0 Å². The molecule has 0 aliphatic carbocycles. The van der Waals surface area contributed by atoms with Crippen molar-refractivity contribution < 1.29 is 4.39 Å². The van der Waals surface area contributed by atoms with Crippen LogP contribution in [0.25, 0.3) is 0 Å². The van der Waals surface area contributed by atoms with E-state index in [0.717, 1.165) is 5.57 Å². The van der Waals surface area contributed by atoms with Crippen molar-refractivity contribution in [3.05, 3.63) is 35.7 Å². The van der Waals surface area contributed by atoms with Gasteiger partial charge in [-0.3, -0.25) is 0 Å². The van der Waals surface area contributed by atoms with Crippen LogP contribution in [-0.2, 0) is 0 Å². The lowest BCUT2D eigenvalue weighted by molar-refractivity contribution is 0.638. The first-order valence-corrected chi connectivity index (χ1v) is 4.80. The van der Waals surface area contributed by atoms with Crippen LogP contribution >= 0.6 is 0 Å². The third-order valence-corrected chi connectivity index (χ3v) is 1.41. The van der Waals surface area contributed by atoms with E-state index in [0.29, 0.717) is 12.0 Å². The first kappa shape index (κ1) is 14.7. The SMILES string of the molecule is C=C(C)/C(F)=C(\C=C/C)CC.CC. The maximum absolute atomic E-state index is 13.1. The molecule has 0 rings (SSSR count). The second-order valence-electron chi connectivity index (χ2n) is 2.47. The molecular formula is C12H21F. The second-order valence-corrected chi connectivity index (χ2v) is 2.47. The van der Waals surface area contributed by atoms with Gasteiger partial charge in [0.1, 0.15) is 5.83 Å². The fraction of sp³-hybridized carbons (Fsp3) is 0.500. The van der Waals surface area contributed by atoms with Gasteiger partial charge < -0.3 is 0 Å². The molecule has 0 saturated carbocycles. The molecule has 0 saturated heterocycles. The Hall–Kier alpha value is -0.850. The molecule has 0 nitrogen and oxygen atoms in total. The summed E-state index contributed by atoms with van der Waals surface area (Å²) in [6.45, 7) is 13.0. The Morgan fingerprint density at radius 2 is 1.85 bits per heavy atom. The minimum Gasteiger partial charge on any atom is -0.206 e. The van der Waals surface area contributed by atoms with Crippen LogP contribution in [0, 0.1) is 0 Å². The van der Waals surface area contributed by atoms with Crippen LogP contribution in [0.5, 0.6) is 0 Å². The summed E-state index contributed by atoms with van der Waals surface area (Å²) in [5, 5.41) is 0. The van der Waals surface area contributed by atoms with Crippen molar-refractivity contribution in [3.63, 3.8) is 0 Å². The Morgan fingerprint density at radius 3 is 2.08 bits per heavy atom. The zero-order valence-electron chi connectivity index (χ0n) is 9.45.